The molecule has 1 aliphatic carbocycles. The number of pyridine rings is 1. The lowest BCUT2D eigenvalue weighted by Crippen LogP contribution is -2.60. The Bertz CT molecular complexity index is 1170. The van der Waals surface area contributed by atoms with Gasteiger partial charge in [-0.1, -0.05) is 18.5 Å². The van der Waals surface area contributed by atoms with Gasteiger partial charge < -0.3 is 24.8 Å². The van der Waals surface area contributed by atoms with Crippen LogP contribution >= 0.6 is 11.6 Å². The molecule has 3 saturated heterocycles. The zero-order valence-corrected chi connectivity index (χ0v) is 21.8. The first kappa shape index (κ1) is 24.4. The van der Waals surface area contributed by atoms with E-state index in [1.807, 2.05) is 12.1 Å². The number of aliphatic hydroxyl groups is 1. The number of ether oxygens (including phenoxy) is 2. The van der Waals surface area contributed by atoms with Crippen LogP contribution < -0.4 is 10.2 Å². The topological polar surface area (TPSA) is 87.2 Å². The summed E-state index contributed by atoms with van der Waals surface area (Å²) in [4.78, 5) is 22.1. The third-order valence-electron chi connectivity index (χ3n) is 9.23. The molecule has 2 N–H and O–H groups in total. The van der Waals surface area contributed by atoms with Crippen LogP contribution in [0.25, 0.3) is 10.8 Å². The molecule has 6 rings (SSSR count). The van der Waals surface area contributed by atoms with Crippen molar-refractivity contribution in [1.82, 2.24) is 9.88 Å². The Hall–Kier alpha value is -1.97. The van der Waals surface area contributed by atoms with E-state index in [9.17, 15) is 9.90 Å². The number of aliphatic hydroxyl groups excluding tert-OH is 1. The molecule has 9 heteroatoms. The van der Waals surface area contributed by atoms with Crippen molar-refractivity contribution >= 4 is 39.8 Å². The molecule has 0 bridgehead atoms. The molecule has 1 saturated carbocycles. The van der Waals surface area contributed by atoms with Gasteiger partial charge in [0.15, 0.2) is 0 Å². The standard InChI is InChI=1S/C27H35ClN4O4/c1-26(19-3-8-35-14-19)12-20(26)25(34)30-24-11-17-10-22(21(28)9-18(17)13-29-24)31-4-6-32(7-5-31)27(2)16-36-15-23(27)33/h9-11,13,19-20,23,33H,3-8,12,14-16H2,1-2H3,(H,29,30,34)/t19?,20-,23-,26+,27+/m0/s1. The smallest absolute Gasteiger partial charge is 0.229 e. The van der Waals surface area contributed by atoms with Gasteiger partial charge in [0.2, 0.25) is 5.91 Å². The highest BCUT2D eigenvalue weighted by Gasteiger charge is 2.59. The van der Waals surface area contributed by atoms with Crippen molar-refractivity contribution in [3.63, 3.8) is 0 Å². The zero-order valence-electron chi connectivity index (χ0n) is 21.0. The second-order valence-corrected chi connectivity index (χ2v) is 11.8. The average Bonchev–Trinajstić information content (AvgIpc) is 3.19. The Balaban J connectivity index is 1.15. The highest BCUT2D eigenvalue weighted by atomic mass is 35.5. The molecular weight excluding hydrogens is 480 g/mol. The lowest BCUT2D eigenvalue weighted by Gasteiger charge is -2.45. The summed E-state index contributed by atoms with van der Waals surface area (Å²) in [5.74, 6) is 1.11. The van der Waals surface area contributed by atoms with E-state index >= 15 is 0 Å². The number of anilines is 2. The number of benzene rings is 1. The fourth-order valence-electron chi connectivity index (χ4n) is 6.37. The van der Waals surface area contributed by atoms with Gasteiger partial charge in [-0.2, -0.15) is 0 Å². The molecule has 3 aliphatic heterocycles. The zero-order chi connectivity index (χ0) is 25.1. The first-order valence-corrected chi connectivity index (χ1v) is 13.4. The monoisotopic (exact) mass is 514 g/mol. The molecule has 1 aromatic heterocycles. The van der Waals surface area contributed by atoms with E-state index in [0.717, 1.165) is 68.7 Å². The highest BCUT2D eigenvalue weighted by Crippen LogP contribution is 2.59. The van der Waals surface area contributed by atoms with Crippen molar-refractivity contribution in [3.8, 4) is 0 Å². The van der Waals surface area contributed by atoms with Crippen LogP contribution in [0.3, 0.4) is 0 Å². The maximum Gasteiger partial charge on any atom is 0.229 e. The third-order valence-corrected chi connectivity index (χ3v) is 9.53. The van der Waals surface area contributed by atoms with E-state index in [1.165, 1.54) is 0 Å². The number of aromatic nitrogens is 1. The largest absolute Gasteiger partial charge is 0.389 e. The number of rotatable bonds is 5. The summed E-state index contributed by atoms with van der Waals surface area (Å²) in [6.07, 6.45) is 3.26. The SMILES string of the molecule is C[C@]1(C2CCOC2)C[C@H]1C(=O)Nc1cc2cc(N3CCN([C@]4(C)COC[C@@H]4O)CC3)c(Cl)cc2cn1. The lowest BCUT2D eigenvalue weighted by molar-refractivity contribution is -0.118. The number of nitrogens with one attached hydrogen (secondary N) is 1. The minimum atomic E-state index is -0.463. The van der Waals surface area contributed by atoms with Crippen LogP contribution in [0.4, 0.5) is 11.5 Å². The van der Waals surface area contributed by atoms with Gasteiger partial charge in [-0.15, -0.1) is 0 Å². The van der Waals surface area contributed by atoms with E-state index in [0.29, 0.717) is 30.0 Å². The molecule has 36 heavy (non-hydrogen) atoms. The molecule has 4 heterocycles. The van der Waals surface area contributed by atoms with Gasteiger partial charge in [0.05, 0.1) is 42.2 Å². The van der Waals surface area contributed by atoms with Crippen LogP contribution in [0.2, 0.25) is 5.02 Å². The molecule has 2 aromatic rings. The molecule has 5 atom stereocenters. The predicted octanol–water partition coefficient (Wildman–Crippen LogP) is 3.16. The number of nitrogens with zero attached hydrogens (tertiary/aromatic N) is 3. The van der Waals surface area contributed by atoms with Gasteiger partial charge in [0, 0.05) is 50.3 Å². The fraction of sp³-hybridized carbons (Fsp3) is 0.630. The van der Waals surface area contributed by atoms with Gasteiger partial charge in [0.25, 0.3) is 0 Å². The van der Waals surface area contributed by atoms with Crippen LogP contribution in [-0.4, -0.2) is 85.1 Å². The van der Waals surface area contributed by atoms with Crippen LogP contribution in [0, 0.1) is 17.3 Å². The van der Waals surface area contributed by atoms with Gasteiger partial charge in [-0.25, -0.2) is 4.98 Å². The van der Waals surface area contributed by atoms with E-state index < -0.39 is 6.10 Å². The Kier molecular flexibility index (Phi) is 6.16. The van der Waals surface area contributed by atoms with Gasteiger partial charge in [-0.05, 0) is 54.7 Å². The molecule has 0 radical (unpaired) electrons. The summed E-state index contributed by atoms with van der Waals surface area (Å²) >= 11 is 6.70. The molecule has 1 aromatic carbocycles. The number of hydrogen-bond acceptors (Lipinski definition) is 7. The summed E-state index contributed by atoms with van der Waals surface area (Å²) in [6.45, 7) is 10.1. The molecule has 194 valence electrons. The van der Waals surface area contributed by atoms with Gasteiger partial charge in [0.1, 0.15) is 5.82 Å². The fourth-order valence-corrected chi connectivity index (χ4v) is 6.66. The normalized spacial score (nSPS) is 34.9. The van der Waals surface area contributed by atoms with Crippen LogP contribution in [0.15, 0.2) is 24.4 Å². The molecular formula is C27H35ClN4O4. The van der Waals surface area contributed by atoms with Crippen molar-refractivity contribution < 1.29 is 19.4 Å². The molecule has 1 amide bonds. The number of piperazine rings is 1. The summed E-state index contributed by atoms with van der Waals surface area (Å²) in [5.41, 5.74) is 0.690. The first-order valence-electron chi connectivity index (χ1n) is 13.0. The van der Waals surface area contributed by atoms with E-state index in [4.69, 9.17) is 21.1 Å². The van der Waals surface area contributed by atoms with Crippen molar-refractivity contribution in [3.05, 3.63) is 29.4 Å². The summed E-state index contributed by atoms with van der Waals surface area (Å²) < 4.78 is 11.1. The lowest BCUT2D eigenvalue weighted by atomic mass is 9.88. The van der Waals surface area contributed by atoms with Crippen molar-refractivity contribution in [2.24, 2.45) is 17.3 Å². The number of amides is 1. The number of halogens is 1. The Labute approximate surface area is 216 Å². The van der Waals surface area contributed by atoms with Crippen molar-refractivity contribution in [2.75, 3.05) is 62.8 Å². The van der Waals surface area contributed by atoms with E-state index in [1.54, 1.807) is 6.20 Å². The van der Waals surface area contributed by atoms with Gasteiger partial charge in [-0.3, -0.25) is 9.69 Å². The highest BCUT2D eigenvalue weighted by molar-refractivity contribution is 6.34. The van der Waals surface area contributed by atoms with Crippen LogP contribution in [-0.2, 0) is 14.3 Å². The van der Waals surface area contributed by atoms with Crippen LogP contribution in [0.5, 0.6) is 0 Å². The van der Waals surface area contributed by atoms with Crippen LogP contribution in [0.1, 0.15) is 26.7 Å². The van der Waals surface area contributed by atoms with Crippen molar-refractivity contribution in [2.45, 2.75) is 38.3 Å². The number of carbonyl (C=O) groups is 1. The van der Waals surface area contributed by atoms with E-state index in [-0.39, 0.29) is 22.8 Å². The molecule has 0 spiro atoms. The Morgan fingerprint density at radius 2 is 1.94 bits per heavy atom. The minimum Gasteiger partial charge on any atom is -0.389 e. The number of hydrogen-bond donors (Lipinski definition) is 2. The summed E-state index contributed by atoms with van der Waals surface area (Å²) in [6, 6.07) is 5.98. The first-order chi connectivity index (χ1) is 17.3. The average molecular weight is 515 g/mol. The maximum atomic E-state index is 13.0. The molecule has 1 unspecified atom stereocenters. The predicted molar refractivity (Wildman–Crippen MR) is 140 cm³/mol. The maximum absolute atomic E-state index is 13.0. The summed E-state index contributed by atoms with van der Waals surface area (Å²) in [5, 5.41) is 16.1. The Morgan fingerprint density at radius 1 is 1.14 bits per heavy atom. The third kappa shape index (κ3) is 4.17. The number of carbonyl (C=O) groups excluding carboxylic acids is 1. The molecule has 4 fully saturated rings. The summed E-state index contributed by atoms with van der Waals surface area (Å²) in [7, 11) is 0. The molecule has 8 nitrogen and oxygen atoms in total. The second kappa shape index (κ2) is 9.10. The van der Waals surface area contributed by atoms with Gasteiger partial charge >= 0.3 is 0 Å². The second-order valence-electron chi connectivity index (χ2n) is 11.4. The molecule has 4 aliphatic rings. The van der Waals surface area contributed by atoms with E-state index in [2.05, 4.69) is 40.0 Å². The quantitative estimate of drug-likeness (QED) is 0.633. The van der Waals surface area contributed by atoms with Crippen molar-refractivity contribution in [1.29, 1.82) is 0 Å². The number of fused-ring (bicyclic) bond motifs is 1. The minimum absolute atomic E-state index is 0.0180. The Morgan fingerprint density at radius 3 is 2.64 bits per heavy atom.